The van der Waals surface area contributed by atoms with Crippen molar-refractivity contribution in [2.45, 2.75) is 84.4 Å². The molecule has 6 heterocycles. The Morgan fingerprint density at radius 1 is 1.08 bits per heavy atom. The van der Waals surface area contributed by atoms with Crippen molar-refractivity contribution in [3.63, 3.8) is 0 Å². The fourth-order valence-corrected chi connectivity index (χ4v) is 7.14. The molecule has 15 heteroatoms. The molecule has 14 nitrogen and oxygen atoms in total. The van der Waals surface area contributed by atoms with Gasteiger partial charge in [-0.05, 0) is 70.7 Å². The summed E-state index contributed by atoms with van der Waals surface area (Å²) >= 11 is 1.45. The summed E-state index contributed by atoms with van der Waals surface area (Å²) in [6, 6.07) is 7.95. The molecule has 3 amide bonds. The van der Waals surface area contributed by atoms with E-state index in [9.17, 15) is 19.2 Å². The molecule has 0 fully saturated rings. The van der Waals surface area contributed by atoms with E-state index < -0.39 is 34.6 Å². The summed E-state index contributed by atoms with van der Waals surface area (Å²) < 4.78 is 12.9. The van der Waals surface area contributed by atoms with Gasteiger partial charge in [-0.15, -0.1) is 11.3 Å². The van der Waals surface area contributed by atoms with Crippen LogP contribution in [-0.4, -0.2) is 48.2 Å². The van der Waals surface area contributed by atoms with Crippen molar-refractivity contribution in [1.82, 2.24) is 30.0 Å². The number of rotatable bonds is 9. The summed E-state index contributed by atoms with van der Waals surface area (Å²) in [5, 5.41) is 13.1. The molecule has 1 aliphatic rings. The van der Waals surface area contributed by atoms with Crippen LogP contribution in [0, 0.1) is 6.92 Å². The number of fused-ring (bicyclic) bond motifs is 2. The maximum absolute atomic E-state index is 13.9. The Balaban J connectivity index is 1.19. The molecular formula is C35H38N8O6S. The minimum absolute atomic E-state index is 0.0840. The zero-order chi connectivity index (χ0) is 35.8. The third kappa shape index (κ3) is 6.85. The van der Waals surface area contributed by atoms with E-state index in [4.69, 9.17) is 9.26 Å². The number of thiophene rings is 1. The van der Waals surface area contributed by atoms with E-state index in [-0.39, 0.29) is 23.9 Å². The average Bonchev–Trinajstić information content (AvgIpc) is 3.80. The molecule has 6 rings (SSSR count). The number of carbonyl (C=O) groups excluding carboxylic acids is 3. The van der Waals surface area contributed by atoms with Crippen LogP contribution in [0.2, 0.25) is 0 Å². The highest BCUT2D eigenvalue weighted by Crippen LogP contribution is 2.44. The maximum Gasteiger partial charge on any atom is 0.413 e. The lowest BCUT2D eigenvalue weighted by Gasteiger charge is -2.25. The van der Waals surface area contributed by atoms with Crippen LogP contribution in [0.3, 0.4) is 0 Å². The lowest BCUT2D eigenvalue weighted by Crippen LogP contribution is -2.36. The number of pyridine rings is 2. The minimum atomic E-state index is -0.841. The van der Waals surface area contributed by atoms with Crippen molar-refractivity contribution in [2.75, 3.05) is 10.6 Å². The van der Waals surface area contributed by atoms with Gasteiger partial charge in [0.2, 0.25) is 11.7 Å². The van der Waals surface area contributed by atoms with Crippen LogP contribution in [0.4, 0.5) is 16.3 Å². The third-order valence-corrected chi connectivity index (χ3v) is 9.87. The SMILES string of the molecule is CCC1(CC)C[C@@H](C(=O)NCc2cc3cnc(NC(=O)OC(C)(C)C)cc3s2)n2c1ncc(NC(=O)c1cc(-c3ncccc3C)no1)c2=O. The monoisotopic (exact) mass is 698 g/mol. The first-order valence-electron chi connectivity index (χ1n) is 16.3. The minimum Gasteiger partial charge on any atom is -0.444 e. The summed E-state index contributed by atoms with van der Waals surface area (Å²) in [5.41, 5.74) is 0.0630. The van der Waals surface area contributed by atoms with Crippen molar-refractivity contribution in [3.05, 3.63) is 81.3 Å². The molecule has 0 aromatic carbocycles. The number of nitrogens with one attached hydrogen (secondary N) is 3. The van der Waals surface area contributed by atoms with Gasteiger partial charge in [0.25, 0.3) is 11.5 Å². The molecule has 0 unspecified atom stereocenters. The van der Waals surface area contributed by atoms with Crippen molar-refractivity contribution >= 4 is 50.8 Å². The van der Waals surface area contributed by atoms with Crippen molar-refractivity contribution in [3.8, 4) is 11.4 Å². The molecule has 260 valence electrons. The molecule has 1 aliphatic heterocycles. The van der Waals surface area contributed by atoms with Gasteiger partial charge in [0.1, 0.15) is 34.7 Å². The Hall–Kier alpha value is -5.44. The van der Waals surface area contributed by atoms with E-state index in [0.29, 0.717) is 42.3 Å². The molecule has 0 bridgehead atoms. The van der Waals surface area contributed by atoms with E-state index in [2.05, 4.69) is 36.1 Å². The number of nitrogens with zero attached hydrogens (tertiary/aromatic N) is 5. The molecule has 0 spiro atoms. The van der Waals surface area contributed by atoms with Crippen LogP contribution in [0.15, 0.2) is 58.2 Å². The van der Waals surface area contributed by atoms with Gasteiger partial charge in [-0.25, -0.2) is 14.8 Å². The largest absolute Gasteiger partial charge is 0.444 e. The number of hydrogen-bond donors (Lipinski definition) is 3. The maximum atomic E-state index is 13.9. The number of hydrogen-bond acceptors (Lipinski definition) is 11. The summed E-state index contributed by atoms with van der Waals surface area (Å²) in [6.07, 6.45) is 5.73. The first-order chi connectivity index (χ1) is 23.8. The van der Waals surface area contributed by atoms with E-state index in [1.807, 2.05) is 32.9 Å². The molecule has 5 aromatic heterocycles. The second-order valence-electron chi connectivity index (χ2n) is 13.2. The topological polar surface area (TPSA) is 183 Å². The number of amides is 3. The third-order valence-electron chi connectivity index (χ3n) is 8.77. The van der Waals surface area contributed by atoms with E-state index >= 15 is 0 Å². The number of carbonyl (C=O) groups is 3. The highest BCUT2D eigenvalue weighted by atomic mass is 32.1. The van der Waals surface area contributed by atoms with E-state index in [1.165, 1.54) is 28.2 Å². The predicted octanol–water partition coefficient (Wildman–Crippen LogP) is 6.13. The van der Waals surface area contributed by atoms with Crippen molar-refractivity contribution < 1.29 is 23.6 Å². The number of ether oxygens (including phenoxy) is 1. The van der Waals surface area contributed by atoms with Crippen LogP contribution in [-0.2, 0) is 21.5 Å². The van der Waals surface area contributed by atoms with Crippen LogP contribution >= 0.6 is 11.3 Å². The summed E-state index contributed by atoms with van der Waals surface area (Å²) in [4.78, 5) is 67.2. The predicted molar refractivity (Wildman–Crippen MR) is 188 cm³/mol. The molecule has 5 aromatic rings. The Morgan fingerprint density at radius 2 is 1.86 bits per heavy atom. The molecule has 0 saturated carbocycles. The second-order valence-corrected chi connectivity index (χ2v) is 14.4. The Kier molecular flexibility index (Phi) is 9.27. The molecule has 3 N–H and O–H groups in total. The Labute approximate surface area is 291 Å². The standard InChI is InChI=1S/C35H38N8O6S/c1-7-35(8-2)15-24(29(44)38-17-21-12-20-16-37-27(14-26(20)50-21)41-33(47)48-34(4,5)6)43-31(46)23(18-39-32(35)43)40-30(45)25-13-22(42-49-25)28-19(3)10-9-11-36-28/h9-14,16,18,24H,7-8,15,17H2,1-6H3,(H,38,44)(H,40,45)(H,37,41,47)/t24-/m0/s1. The van der Waals surface area contributed by atoms with Crippen LogP contribution in [0.5, 0.6) is 0 Å². The van der Waals surface area contributed by atoms with Crippen molar-refractivity contribution in [2.24, 2.45) is 0 Å². The van der Waals surface area contributed by atoms with Gasteiger partial charge in [-0.3, -0.25) is 29.3 Å². The molecule has 0 radical (unpaired) electrons. The zero-order valence-electron chi connectivity index (χ0n) is 28.6. The van der Waals surface area contributed by atoms with Gasteiger partial charge in [-0.1, -0.05) is 25.1 Å². The molecule has 50 heavy (non-hydrogen) atoms. The number of anilines is 2. The van der Waals surface area contributed by atoms with E-state index in [0.717, 1.165) is 20.5 Å². The number of aryl methyl sites for hydroxylation is 1. The molecule has 0 aliphatic carbocycles. The Bertz CT molecular complexity index is 2160. The van der Waals surface area contributed by atoms with Gasteiger partial charge in [-0.2, -0.15) is 0 Å². The quantitative estimate of drug-likeness (QED) is 0.162. The van der Waals surface area contributed by atoms with Crippen molar-refractivity contribution in [1.29, 1.82) is 0 Å². The summed E-state index contributed by atoms with van der Waals surface area (Å²) in [5.74, 6) is -0.264. The Morgan fingerprint density at radius 3 is 2.58 bits per heavy atom. The van der Waals surface area contributed by atoms with Gasteiger partial charge in [0.15, 0.2) is 0 Å². The van der Waals surface area contributed by atoms with Crippen LogP contribution in [0.25, 0.3) is 21.5 Å². The fraction of sp³-hybridized carbons (Fsp3) is 0.371. The van der Waals surface area contributed by atoms with Crippen LogP contribution in [0.1, 0.15) is 86.7 Å². The highest BCUT2D eigenvalue weighted by Gasteiger charge is 2.46. The summed E-state index contributed by atoms with van der Waals surface area (Å²) in [7, 11) is 0. The first kappa shape index (κ1) is 34.4. The first-order valence-corrected chi connectivity index (χ1v) is 17.1. The van der Waals surface area contributed by atoms with Gasteiger partial charge in [0, 0.05) is 38.8 Å². The fourth-order valence-electron chi connectivity index (χ4n) is 6.13. The highest BCUT2D eigenvalue weighted by molar-refractivity contribution is 7.19. The zero-order valence-corrected chi connectivity index (χ0v) is 29.4. The molecular weight excluding hydrogens is 661 g/mol. The second kappa shape index (κ2) is 13.5. The smallest absolute Gasteiger partial charge is 0.413 e. The molecule has 0 saturated heterocycles. The lowest BCUT2D eigenvalue weighted by atomic mass is 9.79. The van der Waals surface area contributed by atoms with Gasteiger partial charge in [0.05, 0.1) is 18.4 Å². The van der Waals surface area contributed by atoms with E-state index in [1.54, 1.807) is 45.3 Å². The lowest BCUT2D eigenvalue weighted by molar-refractivity contribution is -0.124. The summed E-state index contributed by atoms with van der Waals surface area (Å²) in [6.45, 7) is 11.4. The normalized spacial score (nSPS) is 15.0. The van der Waals surface area contributed by atoms with Gasteiger partial charge < -0.3 is 19.9 Å². The number of aromatic nitrogens is 5. The molecule has 1 atom stereocenters. The average molecular weight is 699 g/mol. The van der Waals surface area contributed by atoms with Crippen LogP contribution < -0.4 is 21.5 Å². The van der Waals surface area contributed by atoms with Gasteiger partial charge >= 0.3 is 6.09 Å².